The van der Waals surface area contributed by atoms with Gasteiger partial charge in [-0.1, -0.05) is 62.2 Å². The highest BCUT2D eigenvalue weighted by Crippen LogP contribution is 2.30. The third-order valence-corrected chi connectivity index (χ3v) is 4.74. The molecule has 0 unspecified atom stereocenters. The molecule has 0 aliphatic carbocycles. The van der Waals surface area contributed by atoms with E-state index in [1.54, 1.807) is 24.3 Å². The van der Waals surface area contributed by atoms with Gasteiger partial charge >= 0.3 is 6.03 Å². The number of nitrogens with one attached hydrogen (secondary N) is 3. The molecule has 6 nitrogen and oxygen atoms in total. The predicted octanol–water partition coefficient (Wildman–Crippen LogP) is 6.47. The van der Waals surface area contributed by atoms with Gasteiger partial charge in [-0.3, -0.25) is 5.32 Å². The van der Waals surface area contributed by atoms with Gasteiger partial charge < -0.3 is 10.6 Å². The molecular weight excluding hydrogens is 409 g/mol. The fraction of sp³-hybridized carbons (Fsp3) is 0.190. The summed E-state index contributed by atoms with van der Waals surface area (Å²) in [6.07, 6.45) is 1.37. The highest BCUT2D eigenvalue weighted by molar-refractivity contribution is 6.39. The summed E-state index contributed by atoms with van der Waals surface area (Å²) < 4.78 is 0. The maximum atomic E-state index is 12.3. The van der Waals surface area contributed by atoms with Gasteiger partial charge in [0.2, 0.25) is 0 Å². The van der Waals surface area contributed by atoms with Gasteiger partial charge in [0.15, 0.2) is 0 Å². The molecule has 0 spiro atoms. The van der Waals surface area contributed by atoms with Crippen LogP contribution in [0.25, 0.3) is 0 Å². The number of para-hydroxylation sites is 1. The van der Waals surface area contributed by atoms with Crippen molar-refractivity contribution < 1.29 is 4.79 Å². The van der Waals surface area contributed by atoms with Gasteiger partial charge in [-0.25, -0.2) is 14.8 Å². The molecule has 0 atom stereocenters. The predicted molar refractivity (Wildman–Crippen MR) is 120 cm³/mol. The molecular formula is C21H21Cl2N5O. The highest BCUT2D eigenvalue weighted by Gasteiger charge is 2.14. The van der Waals surface area contributed by atoms with Crippen molar-refractivity contribution in [3.63, 3.8) is 0 Å². The second kappa shape index (κ2) is 8.68. The molecule has 2 aromatic carbocycles. The normalized spacial score (nSPS) is 11.1. The second-order valence-corrected chi connectivity index (χ2v) is 8.23. The van der Waals surface area contributed by atoms with Crippen LogP contribution in [0.1, 0.15) is 26.3 Å². The summed E-state index contributed by atoms with van der Waals surface area (Å²) in [5.74, 6) is 0.882. The van der Waals surface area contributed by atoms with E-state index >= 15 is 0 Å². The number of halogens is 2. The maximum absolute atomic E-state index is 12.3. The summed E-state index contributed by atoms with van der Waals surface area (Å²) in [5.41, 5.74) is 2.47. The molecule has 0 aliphatic heterocycles. The minimum atomic E-state index is -0.514. The molecule has 1 aromatic heterocycles. The van der Waals surface area contributed by atoms with Gasteiger partial charge in [-0.2, -0.15) is 0 Å². The van der Waals surface area contributed by atoms with Gasteiger partial charge in [-0.05, 0) is 35.2 Å². The number of carbonyl (C=O) groups is 1. The molecule has 0 aliphatic rings. The fourth-order valence-electron chi connectivity index (χ4n) is 2.58. The van der Waals surface area contributed by atoms with E-state index in [9.17, 15) is 4.79 Å². The van der Waals surface area contributed by atoms with E-state index < -0.39 is 6.03 Å². The Balaban J connectivity index is 1.71. The number of rotatable bonds is 4. The summed E-state index contributed by atoms with van der Waals surface area (Å²) in [5, 5.41) is 9.19. The molecule has 1 heterocycles. The average molecular weight is 430 g/mol. The van der Waals surface area contributed by atoms with Crippen LogP contribution in [0.2, 0.25) is 10.0 Å². The molecule has 8 heteroatoms. The summed E-state index contributed by atoms with van der Waals surface area (Å²) in [4.78, 5) is 20.6. The SMILES string of the molecule is CC(C)(C)c1cccc(Nc2cc(NC(=O)Nc3c(Cl)cccc3Cl)ncn2)c1. The van der Waals surface area contributed by atoms with Crippen LogP contribution in [0.5, 0.6) is 0 Å². The standard InChI is InChI=1S/C21H21Cl2N5O/c1-21(2,3)13-6-4-7-14(10-13)26-17-11-18(25-12-24-17)27-20(29)28-19-15(22)8-5-9-16(19)23/h4-12H,1-3H3,(H3,24,25,26,27,28,29). The molecule has 0 radical (unpaired) electrons. The lowest BCUT2D eigenvalue weighted by molar-refractivity contribution is 0.262. The van der Waals surface area contributed by atoms with Crippen LogP contribution < -0.4 is 16.0 Å². The number of carbonyl (C=O) groups excluding carboxylic acids is 1. The quantitative estimate of drug-likeness (QED) is 0.443. The van der Waals surface area contributed by atoms with E-state index in [0.29, 0.717) is 27.4 Å². The molecule has 29 heavy (non-hydrogen) atoms. The summed E-state index contributed by atoms with van der Waals surface area (Å²) >= 11 is 12.1. The number of hydrogen-bond acceptors (Lipinski definition) is 4. The maximum Gasteiger partial charge on any atom is 0.324 e. The number of nitrogens with zero attached hydrogens (tertiary/aromatic N) is 2. The molecule has 0 saturated heterocycles. The second-order valence-electron chi connectivity index (χ2n) is 7.42. The number of aromatic nitrogens is 2. The van der Waals surface area contributed by atoms with Crippen LogP contribution in [0.3, 0.4) is 0 Å². The van der Waals surface area contributed by atoms with E-state index in [1.807, 2.05) is 12.1 Å². The van der Waals surface area contributed by atoms with Crippen molar-refractivity contribution >= 4 is 52.2 Å². The van der Waals surface area contributed by atoms with E-state index in [1.165, 1.54) is 11.9 Å². The van der Waals surface area contributed by atoms with E-state index in [0.717, 1.165) is 5.69 Å². The Hall–Kier alpha value is -2.83. The first kappa shape index (κ1) is 20.9. The van der Waals surface area contributed by atoms with Gasteiger partial charge in [0.1, 0.15) is 18.0 Å². The number of urea groups is 1. The van der Waals surface area contributed by atoms with Crippen molar-refractivity contribution in [3.05, 3.63) is 70.5 Å². The first-order chi connectivity index (χ1) is 13.7. The molecule has 2 amide bonds. The van der Waals surface area contributed by atoms with Crippen molar-refractivity contribution in [1.29, 1.82) is 0 Å². The van der Waals surface area contributed by atoms with Gasteiger partial charge in [0, 0.05) is 11.8 Å². The van der Waals surface area contributed by atoms with Crippen LogP contribution in [0.4, 0.5) is 27.8 Å². The lowest BCUT2D eigenvalue weighted by Crippen LogP contribution is -2.20. The van der Waals surface area contributed by atoms with Crippen molar-refractivity contribution in [2.45, 2.75) is 26.2 Å². The van der Waals surface area contributed by atoms with Gasteiger partial charge in [0.25, 0.3) is 0 Å². The van der Waals surface area contributed by atoms with Crippen molar-refractivity contribution in [1.82, 2.24) is 9.97 Å². The Morgan fingerprint density at radius 1 is 0.897 bits per heavy atom. The van der Waals surface area contributed by atoms with Crippen molar-refractivity contribution in [3.8, 4) is 0 Å². The number of amides is 2. The largest absolute Gasteiger partial charge is 0.340 e. The summed E-state index contributed by atoms with van der Waals surface area (Å²) in [7, 11) is 0. The Morgan fingerprint density at radius 2 is 1.55 bits per heavy atom. The molecule has 150 valence electrons. The monoisotopic (exact) mass is 429 g/mol. The first-order valence-corrected chi connectivity index (χ1v) is 9.69. The summed E-state index contributed by atoms with van der Waals surface area (Å²) in [6.45, 7) is 6.47. The minimum absolute atomic E-state index is 0.0359. The highest BCUT2D eigenvalue weighted by atomic mass is 35.5. The Kier molecular flexibility index (Phi) is 6.25. The zero-order valence-corrected chi connectivity index (χ0v) is 17.8. The number of hydrogen-bond donors (Lipinski definition) is 3. The third kappa shape index (κ3) is 5.59. The minimum Gasteiger partial charge on any atom is -0.340 e. The summed E-state index contributed by atoms with van der Waals surface area (Å²) in [6, 6.07) is 14.2. The van der Waals surface area contributed by atoms with E-state index in [-0.39, 0.29) is 5.41 Å². The Bertz CT molecular complexity index is 1010. The average Bonchev–Trinajstić information content (AvgIpc) is 2.65. The Morgan fingerprint density at radius 3 is 2.24 bits per heavy atom. The third-order valence-electron chi connectivity index (χ3n) is 4.11. The van der Waals surface area contributed by atoms with Crippen molar-refractivity contribution in [2.24, 2.45) is 0 Å². The van der Waals surface area contributed by atoms with E-state index in [4.69, 9.17) is 23.2 Å². The molecule has 0 fully saturated rings. The van der Waals surface area contributed by atoms with E-state index in [2.05, 4.69) is 58.8 Å². The first-order valence-electron chi connectivity index (χ1n) is 8.94. The number of anilines is 4. The molecule has 3 rings (SSSR count). The number of benzene rings is 2. The molecule has 0 bridgehead atoms. The molecule has 3 aromatic rings. The van der Waals surface area contributed by atoms with Crippen LogP contribution in [0, 0.1) is 0 Å². The molecule has 3 N–H and O–H groups in total. The topological polar surface area (TPSA) is 78.9 Å². The smallest absolute Gasteiger partial charge is 0.324 e. The zero-order valence-electron chi connectivity index (χ0n) is 16.3. The van der Waals surface area contributed by atoms with Crippen molar-refractivity contribution in [2.75, 3.05) is 16.0 Å². The van der Waals surface area contributed by atoms with Crippen LogP contribution >= 0.6 is 23.2 Å². The van der Waals surface area contributed by atoms with Crippen LogP contribution in [-0.4, -0.2) is 16.0 Å². The van der Waals surface area contributed by atoms with Gasteiger partial charge in [0.05, 0.1) is 15.7 Å². The zero-order chi connectivity index (χ0) is 21.0. The van der Waals surface area contributed by atoms with Gasteiger partial charge in [-0.15, -0.1) is 0 Å². The van der Waals surface area contributed by atoms with Crippen LogP contribution in [-0.2, 0) is 5.41 Å². The van der Waals surface area contributed by atoms with Crippen LogP contribution in [0.15, 0.2) is 54.9 Å². The lowest BCUT2D eigenvalue weighted by Gasteiger charge is -2.20. The molecule has 0 saturated carbocycles. The lowest BCUT2D eigenvalue weighted by atomic mass is 9.87. The fourth-order valence-corrected chi connectivity index (χ4v) is 3.08. The Labute approximate surface area is 179 Å².